The predicted molar refractivity (Wildman–Crippen MR) is 128 cm³/mol. The Hall–Kier alpha value is -2.09. The minimum absolute atomic E-state index is 0. The number of guanidine groups is 1. The second-order valence-electron chi connectivity index (χ2n) is 7.57. The molecule has 0 aliphatic heterocycles. The van der Waals surface area contributed by atoms with Crippen molar-refractivity contribution >= 4 is 41.5 Å². The average molecular weight is 494 g/mol. The number of aliphatic imine (C=N–C) groups is 1. The molecule has 0 bridgehead atoms. The first-order chi connectivity index (χ1) is 12.8. The smallest absolute Gasteiger partial charge is 0.225 e. The summed E-state index contributed by atoms with van der Waals surface area (Å²) in [5.41, 5.74) is 2.96. The molecule has 2 rings (SSSR count). The molecule has 0 saturated carbocycles. The molecule has 0 unspecified atom stereocenters. The standard InChI is InChI=1S/C22H30N4O.HI/c1-17-10-12-18(13-11-17)16-25-21(26-19-8-6-5-7-9-19)24-15-14-23-20(27)22(2,3)4;/h5-13H,14-16H2,1-4H3,(H,23,27)(H2,24,25,26);1H. The second-order valence-corrected chi connectivity index (χ2v) is 7.57. The molecule has 6 heteroatoms. The van der Waals surface area contributed by atoms with Crippen LogP contribution < -0.4 is 16.0 Å². The lowest BCUT2D eigenvalue weighted by Gasteiger charge is -2.18. The molecule has 1 amide bonds. The molecule has 3 N–H and O–H groups in total. The van der Waals surface area contributed by atoms with E-state index in [-0.39, 0.29) is 35.3 Å². The molecule has 0 aromatic heterocycles. The van der Waals surface area contributed by atoms with Crippen LogP contribution in [0.1, 0.15) is 31.9 Å². The summed E-state index contributed by atoms with van der Waals surface area (Å²) in [7, 11) is 0. The molecule has 2 aromatic rings. The molecule has 5 nitrogen and oxygen atoms in total. The van der Waals surface area contributed by atoms with Crippen LogP contribution in [-0.2, 0) is 11.3 Å². The highest BCUT2D eigenvalue weighted by Gasteiger charge is 2.20. The maximum absolute atomic E-state index is 12.0. The highest BCUT2D eigenvalue weighted by Crippen LogP contribution is 2.12. The number of rotatable bonds is 6. The zero-order chi connectivity index (χ0) is 19.7. The van der Waals surface area contributed by atoms with E-state index in [0.29, 0.717) is 25.6 Å². The average Bonchev–Trinajstić information content (AvgIpc) is 2.64. The fourth-order valence-electron chi connectivity index (χ4n) is 2.28. The van der Waals surface area contributed by atoms with E-state index in [2.05, 4.69) is 52.1 Å². The number of carbonyl (C=O) groups is 1. The summed E-state index contributed by atoms with van der Waals surface area (Å²) in [4.78, 5) is 16.6. The number of amides is 1. The van der Waals surface area contributed by atoms with Crippen LogP contribution >= 0.6 is 24.0 Å². The summed E-state index contributed by atoms with van der Waals surface area (Å²) in [5.74, 6) is 0.727. The topological polar surface area (TPSA) is 65.5 Å². The maximum atomic E-state index is 12.0. The van der Waals surface area contributed by atoms with E-state index in [1.54, 1.807) is 0 Å². The summed E-state index contributed by atoms with van der Waals surface area (Å²) in [6, 6.07) is 18.3. The van der Waals surface area contributed by atoms with Crippen molar-refractivity contribution in [2.75, 3.05) is 18.4 Å². The van der Waals surface area contributed by atoms with Crippen LogP contribution in [0.15, 0.2) is 59.6 Å². The molecule has 0 aliphatic carbocycles. The first-order valence-electron chi connectivity index (χ1n) is 9.29. The number of carbonyl (C=O) groups excluding carboxylic acids is 1. The first kappa shape index (κ1) is 23.9. The number of hydrogen-bond donors (Lipinski definition) is 3. The normalized spacial score (nSPS) is 11.4. The zero-order valence-corrected chi connectivity index (χ0v) is 19.4. The van der Waals surface area contributed by atoms with Gasteiger partial charge in [0.15, 0.2) is 5.96 Å². The van der Waals surface area contributed by atoms with E-state index in [9.17, 15) is 4.79 Å². The fourth-order valence-corrected chi connectivity index (χ4v) is 2.28. The van der Waals surface area contributed by atoms with E-state index in [1.807, 2.05) is 51.1 Å². The Labute approximate surface area is 185 Å². The number of para-hydroxylation sites is 1. The number of anilines is 1. The predicted octanol–water partition coefficient (Wildman–Crippen LogP) is 4.33. The van der Waals surface area contributed by atoms with Gasteiger partial charge in [-0.1, -0.05) is 68.8 Å². The van der Waals surface area contributed by atoms with E-state index in [1.165, 1.54) is 5.56 Å². The lowest BCUT2D eigenvalue weighted by molar-refractivity contribution is -0.128. The zero-order valence-electron chi connectivity index (χ0n) is 17.1. The molecule has 0 heterocycles. The number of nitrogens with zero attached hydrogens (tertiary/aromatic N) is 1. The van der Waals surface area contributed by atoms with E-state index >= 15 is 0 Å². The number of halogens is 1. The summed E-state index contributed by atoms with van der Waals surface area (Å²) in [5, 5.41) is 9.52. The molecular formula is C22H31IN4O. The minimum Gasteiger partial charge on any atom is -0.354 e. The Morgan fingerprint density at radius 1 is 0.929 bits per heavy atom. The van der Waals surface area contributed by atoms with Crippen molar-refractivity contribution in [2.24, 2.45) is 10.4 Å². The van der Waals surface area contributed by atoms with Gasteiger partial charge in [-0.2, -0.15) is 0 Å². The Balaban J connectivity index is 0.00000392. The van der Waals surface area contributed by atoms with Gasteiger partial charge in [0.05, 0.1) is 6.54 Å². The van der Waals surface area contributed by atoms with Crippen LogP contribution in [0.2, 0.25) is 0 Å². The van der Waals surface area contributed by atoms with Gasteiger partial charge in [0.1, 0.15) is 0 Å². The number of benzene rings is 2. The second kappa shape index (κ2) is 11.7. The van der Waals surface area contributed by atoms with E-state index in [0.717, 1.165) is 11.3 Å². The van der Waals surface area contributed by atoms with Crippen molar-refractivity contribution in [1.29, 1.82) is 0 Å². The van der Waals surface area contributed by atoms with Crippen molar-refractivity contribution in [2.45, 2.75) is 34.2 Å². The lowest BCUT2D eigenvalue weighted by Crippen LogP contribution is -2.41. The van der Waals surface area contributed by atoms with Crippen molar-refractivity contribution in [3.8, 4) is 0 Å². The Kier molecular flexibility index (Phi) is 9.99. The first-order valence-corrected chi connectivity index (χ1v) is 9.29. The van der Waals surface area contributed by atoms with Gasteiger partial charge in [0.2, 0.25) is 5.91 Å². The van der Waals surface area contributed by atoms with Gasteiger partial charge in [0.25, 0.3) is 0 Å². The van der Waals surface area contributed by atoms with Gasteiger partial charge in [-0.25, -0.2) is 4.99 Å². The van der Waals surface area contributed by atoms with Crippen molar-refractivity contribution in [1.82, 2.24) is 10.6 Å². The highest BCUT2D eigenvalue weighted by molar-refractivity contribution is 14.0. The molecule has 0 spiro atoms. The third-order valence-electron chi connectivity index (χ3n) is 3.96. The van der Waals surface area contributed by atoms with Crippen LogP contribution in [0.5, 0.6) is 0 Å². The summed E-state index contributed by atoms with van der Waals surface area (Å²) in [6.45, 7) is 9.49. The van der Waals surface area contributed by atoms with Crippen molar-refractivity contribution in [3.63, 3.8) is 0 Å². The van der Waals surface area contributed by atoms with Gasteiger partial charge < -0.3 is 16.0 Å². The lowest BCUT2D eigenvalue weighted by atomic mass is 9.96. The van der Waals surface area contributed by atoms with Crippen LogP contribution in [0.25, 0.3) is 0 Å². The highest BCUT2D eigenvalue weighted by atomic mass is 127. The largest absolute Gasteiger partial charge is 0.354 e. The third-order valence-corrected chi connectivity index (χ3v) is 3.96. The van der Waals surface area contributed by atoms with Gasteiger partial charge >= 0.3 is 0 Å². The van der Waals surface area contributed by atoms with Gasteiger partial charge in [-0.05, 0) is 24.6 Å². The molecule has 28 heavy (non-hydrogen) atoms. The van der Waals surface area contributed by atoms with Gasteiger partial charge in [0, 0.05) is 24.2 Å². The Morgan fingerprint density at radius 3 is 2.14 bits per heavy atom. The van der Waals surface area contributed by atoms with Crippen molar-refractivity contribution in [3.05, 3.63) is 65.7 Å². The summed E-state index contributed by atoms with van der Waals surface area (Å²) < 4.78 is 0. The van der Waals surface area contributed by atoms with Gasteiger partial charge in [-0.15, -0.1) is 24.0 Å². The monoisotopic (exact) mass is 494 g/mol. The molecular weight excluding hydrogens is 463 g/mol. The molecule has 152 valence electrons. The maximum Gasteiger partial charge on any atom is 0.225 e. The third kappa shape index (κ3) is 8.73. The number of aryl methyl sites for hydroxylation is 1. The van der Waals surface area contributed by atoms with Crippen molar-refractivity contribution < 1.29 is 4.79 Å². The molecule has 0 aliphatic rings. The van der Waals surface area contributed by atoms with Crippen LogP contribution in [-0.4, -0.2) is 25.0 Å². The fraction of sp³-hybridized carbons (Fsp3) is 0.364. The summed E-state index contributed by atoms with van der Waals surface area (Å²) in [6.07, 6.45) is 0. The summed E-state index contributed by atoms with van der Waals surface area (Å²) >= 11 is 0. The number of hydrogen-bond acceptors (Lipinski definition) is 2. The van der Waals surface area contributed by atoms with Crippen LogP contribution in [0.4, 0.5) is 5.69 Å². The minimum atomic E-state index is -0.384. The van der Waals surface area contributed by atoms with Gasteiger partial charge in [-0.3, -0.25) is 4.79 Å². The molecule has 0 saturated heterocycles. The number of nitrogens with one attached hydrogen (secondary N) is 3. The molecule has 0 radical (unpaired) electrons. The van der Waals surface area contributed by atoms with Crippen LogP contribution in [0.3, 0.4) is 0 Å². The SMILES string of the molecule is Cc1ccc(CN=C(NCCNC(=O)C(C)(C)C)Nc2ccccc2)cc1.I. The molecule has 0 fully saturated rings. The molecule has 2 aromatic carbocycles. The van der Waals surface area contributed by atoms with Crippen LogP contribution in [0, 0.1) is 12.3 Å². The quantitative estimate of drug-likeness (QED) is 0.243. The van der Waals surface area contributed by atoms with E-state index in [4.69, 9.17) is 0 Å². The van der Waals surface area contributed by atoms with E-state index < -0.39 is 0 Å². The molecule has 0 atom stereocenters. The Morgan fingerprint density at radius 2 is 1.54 bits per heavy atom. The Bertz CT molecular complexity index is 752.